The molecule has 69 heavy (non-hydrogen) atoms. The van der Waals surface area contributed by atoms with Crippen LogP contribution in [0.15, 0.2) is 42.0 Å². The van der Waals surface area contributed by atoms with Gasteiger partial charge in [-0.1, -0.05) is 301 Å². The van der Waals surface area contributed by atoms with Crippen LogP contribution in [0.4, 0.5) is 0 Å². The fourth-order valence-electron chi connectivity index (χ4n) is 15.7. The molecule has 4 unspecified atom stereocenters. The van der Waals surface area contributed by atoms with E-state index in [1.54, 1.807) is 22.3 Å². The van der Waals surface area contributed by atoms with Crippen LogP contribution in [0.5, 0.6) is 0 Å². The zero-order valence-corrected chi connectivity index (χ0v) is 49.8. The fraction of sp³-hybridized carbons (Fsp3) is 0.851. The van der Waals surface area contributed by atoms with Crippen molar-refractivity contribution in [1.29, 1.82) is 0 Å². The molecule has 1 saturated carbocycles. The molecule has 0 N–H and O–H groups in total. The molecule has 0 radical (unpaired) electrons. The first-order valence-electron chi connectivity index (χ1n) is 31.5. The lowest BCUT2D eigenvalue weighted by atomic mass is 9.68. The van der Waals surface area contributed by atoms with Crippen LogP contribution in [0.3, 0.4) is 0 Å². The summed E-state index contributed by atoms with van der Waals surface area (Å²) in [6.07, 6.45) is 62.0. The summed E-state index contributed by atoms with van der Waals surface area (Å²) in [5.74, 6) is 2.11. The van der Waals surface area contributed by atoms with E-state index in [0.29, 0.717) is 11.8 Å². The zero-order chi connectivity index (χ0) is 50.0. The summed E-state index contributed by atoms with van der Waals surface area (Å²) >= 11 is 0. The van der Waals surface area contributed by atoms with Crippen LogP contribution in [-0.2, 0) is 5.41 Å². The van der Waals surface area contributed by atoms with Gasteiger partial charge in [0, 0.05) is 16.5 Å². The first kappa shape index (κ1) is 60.4. The van der Waals surface area contributed by atoms with Gasteiger partial charge < -0.3 is 4.57 Å². The third-order valence-corrected chi connectivity index (χ3v) is 23.2. The van der Waals surface area contributed by atoms with Gasteiger partial charge in [-0.2, -0.15) is 0 Å². The third-order valence-electron chi connectivity index (χ3n) is 18.1. The second-order valence-corrected chi connectivity index (χ2v) is 31.0. The van der Waals surface area contributed by atoms with E-state index < -0.39 is 8.24 Å². The monoisotopic (exact) mass is 968 g/mol. The smallest absolute Gasteiger partial charge is 0.127 e. The Labute approximate surface area is 435 Å². The standard InChI is InChI=1S/C67H121NSi/c1-12-14-16-18-20-22-24-26-28-30-32-34-36-38-40-42-44-48-52-67(53-49-45-43-41-39-37-35-33-31-29-27-25-23-21-19-17-15-13-2)62-51-47-46-50-59(62)61-55-58-54-57(3)64(60(58)56-63(61)67)69(10,11)68(65(4,5)6)66(7,8)9/h46-47,50-51,55-58,60,64H,12-45,48-49,52-54H2,1-11H3. The predicted octanol–water partition coefficient (Wildman–Crippen LogP) is 22.9. The number of hydrogen-bond acceptors (Lipinski definition) is 1. The van der Waals surface area contributed by atoms with Crippen LogP contribution >= 0.6 is 0 Å². The lowest BCUT2D eigenvalue weighted by Crippen LogP contribution is -2.67. The largest absolute Gasteiger partial charge is 0.314 e. The maximum atomic E-state index is 3.04. The number of allylic oxidation sites excluding steroid dienone is 4. The van der Waals surface area contributed by atoms with Crippen LogP contribution in [0.25, 0.3) is 5.57 Å². The molecule has 4 rings (SSSR count). The summed E-state index contributed by atoms with van der Waals surface area (Å²) in [6, 6.07) is 9.86. The van der Waals surface area contributed by atoms with Crippen LogP contribution < -0.4 is 0 Å². The molecular weight excluding hydrogens is 847 g/mol. The minimum Gasteiger partial charge on any atom is -0.314 e. The number of benzene rings is 1. The number of fused-ring (bicyclic) bond motifs is 4. The van der Waals surface area contributed by atoms with Crippen LogP contribution in [-0.4, -0.2) is 23.9 Å². The Balaban J connectivity index is 1.33. The highest BCUT2D eigenvalue weighted by Crippen LogP contribution is 2.63. The molecule has 4 atom stereocenters. The average Bonchev–Trinajstić information content (AvgIpc) is 3.76. The van der Waals surface area contributed by atoms with Crippen molar-refractivity contribution in [3.8, 4) is 0 Å². The molecule has 1 nitrogen and oxygen atoms in total. The van der Waals surface area contributed by atoms with Crippen molar-refractivity contribution in [2.24, 2.45) is 17.8 Å². The Morgan fingerprint density at radius 1 is 0.478 bits per heavy atom. The Bertz CT molecular complexity index is 1490. The highest BCUT2D eigenvalue weighted by atomic mass is 28.3. The molecule has 1 aromatic carbocycles. The molecule has 1 fully saturated rings. The van der Waals surface area contributed by atoms with Gasteiger partial charge in [-0.15, -0.1) is 0 Å². The number of hydrogen-bond donors (Lipinski definition) is 0. The summed E-state index contributed by atoms with van der Waals surface area (Å²) in [4.78, 5) is 0. The van der Waals surface area contributed by atoms with Gasteiger partial charge >= 0.3 is 0 Å². The molecule has 0 spiro atoms. The Morgan fingerprint density at radius 3 is 1.16 bits per heavy atom. The topological polar surface area (TPSA) is 3.24 Å². The Hall–Kier alpha value is -1.12. The molecule has 3 aliphatic carbocycles. The van der Waals surface area contributed by atoms with Crippen LogP contribution in [0.2, 0.25) is 18.6 Å². The number of nitrogens with zero attached hydrogens (tertiary/aromatic N) is 1. The van der Waals surface area contributed by atoms with Gasteiger partial charge in [-0.3, -0.25) is 0 Å². The molecule has 0 aliphatic heterocycles. The van der Waals surface area contributed by atoms with E-state index in [9.17, 15) is 0 Å². The van der Waals surface area contributed by atoms with E-state index in [4.69, 9.17) is 0 Å². The van der Waals surface area contributed by atoms with E-state index in [0.717, 1.165) is 11.5 Å². The Morgan fingerprint density at radius 2 is 0.812 bits per heavy atom. The predicted molar refractivity (Wildman–Crippen MR) is 314 cm³/mol. The summed E-state index contributed by atoms with van der Waals surface area (Å²) in [7, 11) is -1.89. The van der Waals surface area contributed by atoms with Crippen molar-refractivity contribution in [3.05, 3.63) is 53.1 Å². The van der Waals surface area contributed by atoms with Crippen molar-refractivity contribution in [2.75, 3.05) is 0 Å². The summed E-state index contributed by atoms with van der Waals surface area (Å²) < 4.78 is 3.04. The minimum atomic E-state index is -1.89. The van der Waals surface area contributed by atoms with Crippen LogP contribution in [0.1, 0.15) is 324 Å². The van der Waals surface area contributed by atoms with Gasteiger partial charge in [-0.25, -0.2) is 0 Å². The zero-order valence-electron chi connectivity index (χ0n) is 48.8. The molecular formula is C67H121NSi. The molecule has 0 saturated heterocycles. The molecule has 398 valence electrons. The summed E-state index contributed by atoms with van der Waals surface area (Å²) in [6.45, 7) is 27.8. The van der Waals surface area contributed by atoms with Gasteiger partial charge in [0.25, 0.3) is 0 Å². The van der Waals surface area contributed by atoms with Crippen molar-refractivity contribution in [1.82, 2.24) is 4.57 Å². The maximum Gasteiger partial charge on any atom is 0.127 e. The van der Waals surface area contributed by atoms with E-state index in [-0.39, 0.29) is 16.5 Å². The SMILES string of the molecule is CCCCCCCCCCCCCCCCCCCCC1(CCCCCCCCCCCCCCCCCCCC)C2=CC3C(C=C2c2ccccc21)CC(C)C3[Si](C)(C)N(C(C)(C)C)C(C)(C)C. The first-order chi connectivity index (χ1) is 33.2. The quantitative estimate of drug-likeness (QED) is 0.0468. The number of unbranched alkanes of at least 4 members (excludes halogenated alkanes) is 34. The average molecular weight is 969 g/mol. The van der Waals surface area contributed by atoms with Crippen molar-refractivity contribution < 1.29 is 0 Å². The van der Waals surface area contributed by atoms with Gasteiger partial charge in [-0.05, 0) is 106 Å². The lowest BCUT2D eigenvalue weighted by Gasteiger charge is -2.57. The van der Waals surface area contributed by atoms with E-state index in [2.05, 4.69) is 116 Å². The van der Waals surface area contributed by atoms with Crippen molar-refractivity contribution >= 4 is 13.8 Å². The normalized spacial score (nSPS) is 20.1. The highest BCUT2D eigenvalue weighted by Gasteiger charge is 2.57. The number of rotatable bonds is 40. The summed E-state index contributed by atoms with van der Waals surface area (Å²) in [5.41, 5.74) is 8.01. The van der Waals surface area contributed by atoms with Gasteiger partial charge in [0.1, 0.15) is 8.24 Å². The van der Waals surface area contributed by atoms with Crippen molar-refractivity contribution in [3.63, 3.8) is 0 Å². The molecule has 0 amide bonds. The molecule has 0 aromatic heterocycles. The second kappa shape index (κ2) is 32.2. The molecule has 0 bridgehead atoms. The molecule has 2 heteroatoms. The first-order valence-corrected chi connectivity index (χ1v) is 34.6. The third kappa shape index (κ3) is 19.6. The highest BCUT2D eigenvalue weighted by molar-refractivity contribution is 6.76. The molecule has 3 aliphatic rings. The second-order valence-electron chi connectivity index (χ2n) is 26.6. The Kier molecular flexibility index (Phi) is 28.2. The molecule has 1 aromatic rings. The van der Waals surface area contributed by atoms with Gasteiger partial charge in [0.05, 0.1) is 0 Å². The van der Waals surface area contributed by atoms with E-state index in [1.807, 2.05) is 0 Å². The van der Waals surface area contributed by atoms with Gasteiger partial charge in [0.15, 0.2) is 0 Å². The van der Waals surface area contributed by atoms with E-state index in [1.165, 1.54) is 250 Å². The fourth-order valence-corrected chi connectivity index (χ4v) is 22.2. The van der Waals surface area contributed by atoms with E-state index >= 15 is 0 Å². The van der Waals surface area contributed by atoms with Gasteiger partial charge in [0.2, 0.25) is 0 Å². The summed E-state index contributed by atoms with van der Waals surface area (Å²) in [5, 5.41) is 0. The van der Waals surface area contributed by atoms with Crippen molar-refractivity contribution in [2.45, 2.75) is 348 Å². The maximum absolute atomic E-state index is 3.04. The van der Waals surface area contributed by atoms with Crippen LogP contribution in [0, 0.1) is 17.8 Å². The minimum absolute atomic E-state index is 0.154. The lowest BCUT2D eigenvalue weighted by molar-refractivity contribution is 0.121. The molecule has 0 heterocycles.